The third-order valence-corrected chi connectivity index (χ3v) is 3.59. The SMILES string of the molecule is Cn1ccnc1C(=O)c1ccc(Oc2cccnc2[N+](=O)[O-])c([N+](=O)[O-])c1. The molecule has 0 spiro atoms. The molecule has 0 N–H and O–H groups in total. The number of carbonyl (C=O) groups is 1. The van der Waals surface area contributed by atoms with Gasteiger partial charge in [-0.05, 0) is 34.2 Å². The lowest BCUT2D eigenvalue weighted by Crippen LogP contribution is -2.09. The van der Waals surface area contributed by atoms with Crippen molar-refractivity contribution in [3.05, 3.63) is 80.5 Å². The molecule has 0 saturated heterocycles. The Hall–Kier alpha value is -4.15. The number of rotatable bonds is 6. The molecule has 11 nitrogen and oxygen atoms in total. The summed E-state index contributed by atoms with van der Waals surface area (Å²) in [5.41, 5.74) is -0.489. The van der Waals surface area contributed by atoms with Gasteiger partial charge in [0.1, 0.15) is 6.20 Å². The molecule has 0 saturated carbocycles. The highest BCUT2D eigenvalue weighted by Gasteiger charge is 2.24. The molecule has 27 heavy (non-hydrogen) atoms. The maximum Gasteiger partial charge on any atom is 0.406 e. The fraction of sp³-hybridized carbons (Fsp3) is 0.0625. The van der Waals surface area contributed by atoms with Crippen LogP contribution in [-0.4, -0.2) is 30.2 Å². The number of nitrogens with zero attached hydrogens (tertiary/aromatic N) is 5. The first-order valence-electron chi connectivity index (χ1n) is 7.46. The number of imidazole rings is 1. The van der Waals surface area contributed by atoms with E-state index in [1.807, 2.05) is 0 Å². The van der Waals surface area contributed by atoms with Crippen molar-refractivity contribution in [2.24, 2.45) is 7.05 Å². The summed E-state index contributed by atoms with van der Waals surface area (Å²) < 4.78 is 6.82. The first kappa shape index (κ1) is 17.7. The van der Waals surface area contributed by atoms with E-state index < -0.39 is 27.1 Å². The number of hydrogen-bond donors (Lipinski definition) is 0. The summed E-state index contributed by atoms with van der Waals surface area (Å²) in [5.74, 6) is -1.49. The van der Waals surface area contributed by atoms with Gasteiger partial charge in [0.05, 0.1) is 4.92 Å². The van der Waals surface area contributed by atoms with Crippen LogP contribution >= 0.6 is 0 Å². The quantitative estimate of drug-likeness (QED) is 0.366. The summed E-state index contributed by atoms with van der Waals surface area (Å²) >= 11 is 0. The molecule has 11 heteroatoms. The fourth-order valence-electron chi connectivity index (χ4n) is 2.32. The van der Waals surface area contributed by atoms with E-state index in [1.54, 1.807) is 13.2 Å². The van der Waals surface area contributed by atoms with Crippen molar-refractivity contribution in [3.8, 4) is 11.5 Å². The molecule has 3 rings (SSSR count). The number of ether oxygens (including phenoxy) is 1. The van der Waals surface area contributed by atoms with Crippen LogP contribution in [0, 0.1) is 20.2 Å². The molecule has 2 heterocycles. The highest BCUT2D eigenvalue weighted by molar-refractivity contribution is 6.07. The van der Waals surface area contributed by atoms with Crippen LogP contribution in [0.2, 0.25) is 0 Å². The number of nitro benzene ring substituents is 1. The molecular formula is C16H11N5O6. The normalized spacial score (nSPS) is 10.4. The van der Waals surface area contributed by atoms with E-state index in [9.17, 15) is 25.0 Å². The first-order chi connectivity index (χ1) is 12.9. The smallest absolute Gasteiger partial charge is 0.406 e. The molecule has 136 valence electrons. The van der Waals surface area contributed by atoms with E-state index in [0.29, 0.717) is 0 Å². The Morgan fingerprint density at radius 1 is 1.07 bits per heavy atom. The largest absolute Gasteiger partial charge is 0.441 e. The lowest BCUT2D eigenvalue weighted by atomic mass is 10.1. The molecule has 0 aliphatic rings. The van der Waals surface area contributed by atoms with Gasteiger partial charge >= 0.3 is 11.5 Å². The summed E-state index contributed by atoms with van der Waals surface area (Å²) in [4.78, 5) is 40.9. The van der Waals surface area contributed by atoms with Gasteiger partial charge in [0, 0.05) is 31.1 Å². The minimum atomic E-state index is -0.764. The summed E-state index contributed by atoms with van der Waals surface area (Å²) in [6, 6.07) is 6.22. The number of aryl methyl sites for hydroxylation is 1. The lowest BCUT2D eigenvalue weighted by molar-refractivity contribution is -0.391. The van der Waals surface area contributed by atoms with Crippen LogP contribution in [0.3, 0.4) is 0 Å². The second-order valence-electron chi connectivity index (χ2n) is 5.31. The Balaban J connectivity index is 2.01. The minimum Gasteiger partial charge on any atom is -0.441 e. The summed E-state index contributed by atoms with van der Waals surface area (Å²) in [7, 11) is 1.62. The van der Waals surface area contributed by atoms with Gasteiger partial charge in [0.15, 0.2) is 5.82 Å². The molecule has 2 aromatic heterocycles. The zero-order valence-corrected chi connectivity index (χ0v) is 13.8. The zero-order chi connectivity index (χ0) is 19.6. The molecule has 0 aliphatic heterocycles. The molecule has 0 aliphatic carbocycles. The molecule has 1 aromatic carbocycles. The van der Waals surface area contributed by atoms with Crippen LogP contribution < -0.4 is 4.74 Å². The minimum absolute atomic E-state index is 0.0315. The number of carbonyl (C=O) groups excluding carboxylic acids is 1. The van der Waals surface area contributed by atoms with Gasteiger partial charge in [-0.15, -0.1) is 0 Å². The van der Waals surface area contributed by atoms with Gasteiger partial charge in [-0.3, -0.25) is 14.9 Å². The number of hydrogen-bond acceptors (Lipinski definition) is 8. The Kier molecular flexibility index (Phi) is 4.58. The molecule has 0 radical (unpaired) electrons. The third kappa shape index (κ3) is 3.46. The lowest BCUT2D eigenvalue weighted by Gasteiger charge is -2.08. The zero-order valence-electron chi connectivity index (χ0n) is 13.8. The van der Waals surface area contributed by atoms with E-state index in [-0.39, 0.29) is 22.9 Å². The van der Waals surface area contributed by atoms with Crippen molar-refractivity contribution in [1.82, 2.24) is 14.5 Å². The first-order valence-corrected chi connectivity index (χ1v) is 7.46. The fourth-order valence-corrected chi connectivity index (χ4v) is 2.32. The van der Waals surface area contributed by atoms with Gasteiger partial charge in [-0.2, -0.15) is 0 Å². The van der Waals surface area contributed by atoms with Crippen LogP contribution in [0.25, 0.3) is 0 Å². The molecule has 3 aromatic rings. The van der Waals surface area contributed by atoms with Crippen LogP contribution in [0.15, 0.2) is 48.9 Å². The summed E-state index contributed by atoms with van der Waals surface area (Å²) in [6.07, 6.45) is 4.20. The second kappa shape index (κ2) is 7.00. The Morgan fingerprint density at radius 3 is 2.48 bits per heavy atom. The van der Waals surface area contributed by atoms with E-state index in [2.05, 4.69) is 9.97 Å². The van der Waals surface area contributed by atoms with Crippen molar-refractivity contribution in [3.63, 3.8) is 0 Å². The van der Waals surface area contributed by atoms with Crippen molar-refractivity contribution in [1.29, 1.82) is 0 Å². The molecule has 0 amide bonds. The predicted octanol–water partition coefficient (Wildman–Crippen LogP) is 2.65. The van der Waals surface area contributed by atoms with E-state index in [4.69, 9.17) is 4.74 Å². The summed E-state index contributed by atoms with van der Waals surface area (Å²) in [6.45, 7) is 0. The Morgan fingerprint density at radius 2 is 1.85 bits per heavy atom. The van der Waals surface area contributed by atoms with Gasteiger partial charge < -0.3 is 19.4 Å². The Labute approximate surface area is 151 Å². The monoisotopic (exact) mass is 369 g/mol. The molecule has 0 atom stereocenters. The van der Waals surface area contributed by atoms with Crippen LogP contribution in [-0.2, 0) is 7.05 Å². The van der Waals surface area contributed by atoms with Gasteiger partial charge in [0.2, 0.25) is 17.3 Å². The van der Waals surface area contributed by atoms with Crippen molar-refractivity contribution < 1.29 is 19.4 Å². The summed E-state index contributed by atoms with van der Waals surface area (Å²) in [5, 5.41) is 22.4. The van der Waals surface area contributed by atoms with E-state index in [1.165, 1.54) is 41.2 Å². The number of ketones is 1. The molecule has 0 fully saturated rings. The van der Waals surface area contributed by atoms with Crippen LogP contribution in [0.4, 0.5) is 11.5 Å². The van der Waals surface area contributed by atoms with Gasteiger partial charge in [-0.25, -0.2) is 4.98 Å². The average molecular weight is 369 g/mol. The number of benzene rings is 1. The molecule has 0 bridgehead atoms. The highest BCUT2D eigenvalue weighted by atomic mass is 16.6. The highest BCUT2D eigenvalue weighted by Crippen LogP contribution is 2.35. The molecule has 0 unspecified atom stereocenters. The average Bonchev–Trinajstić information content (AvgIpc) is 3.07. The van der Waals surface area contributed by atoms with Crippen molar-refractivity contribution >= 4 is 17.3 Å². The number of nitro groups is 2. The van der Waals surface area contributed by atoms with Crippen LogP contribution in [0.1, 0.15) is 16.2 Å². The van der Waals surface area contributed by atoms with Crippen molar-refractivity contribution in [2.75, 3.05) is 0 Å². The van der Waals surface area contributed by atoms with E-state index in [0.717, 1.165) is 6.07 Å². The van der Waals surface area contributed by atoms with Crippen molar-refractivity contribution in [2.45, 2.75) is 0 Å². The van der Waals surface area contributed by atoms with Gasteiger partial charge in [0.25, 0.3) is 0 Å². The second-order valence-corrected chi connectivity index (χ2v) is 5.31. The van der Waals surface area contributed by atoms with E-state index >= 15 is 0 Å². The standard InChI is InChI=1S/C16H11N5O6/c1-19-8-7-18-16(19)14(22)10-4-5-12(11(9-10)20(23)24)27-13-3-2-6-17-15(13)21(25)26/h2-9H,1H3. The maximum absolute atomic E-state index is 12.5. The van der Waals surface area contributed by atoms with Crippen LogP contribution in [0.5, 0.6) is 11.5 Å². The van der Waals surface area contributed by atoms with Gasteiger partial charge in [-0.1, -0.05) is 0 Å². The number of pyridine rings is 1. The third-order valence-electron chi connectivity index (χ3n) is 3.59. The maximum atomic E-state index is 12.5. The topological polar surface area (TPSA) is 143 Å². The predicted molar refractivity (Wildman–Crippen MR) is 90.7 cm³/mol. The number of aromatic nitrogens is 3. The Bertz CT molecular complexity index is 1060. The molecular weight excluding hydrogens is 358 g/mol.